The molecule has 1 N–H and O–H groups in total. The first-order valence-electron chi connectivity index (χ1n) is 9.13. The number of hydrogen-bond donors (Lipinski definition) is 1. The van der Waals surface area contributed by atoms with Gasteiger partial charge in [0, 0.05) is 17.3 Å². The molecule has 0 radical (unpaired) electrons. The standard InChI is InChI=1S/C20H19N7O2/c1-13(2)17-9-20(29)26(11-21-17)10-19(28)23-15-5-3-14(4-6-15)16-7-8-18-24-22-12-27(18)25-16/h3-9,11-13H,10H2,1-2H3,(H,23,28). The van der Waals surface area contributed by atoms with E-state index in [4.69, 9.17) is 0 Å². The SMILES string of the molecule is CC(C)c1cc(=O)n(CC(=O)Nc2ccc(-c3ccc4nncn4n3)cc2)cn1. The van der Waals surface area contributed by atoms with Crippen molar-refractivity contribution in [1.29, 1.82) is 0 Å². The van der Waals surface area contributed by atoms with Gasteiger partial charge in [-0.2, -0.15) is 9.61 Å². The van der Waals surface area contributed by atoms with Gasteiger partial charge in [0.15, 0.2) is 5.65 Å². The van der Waals surface area contributed by atoms with Gasteiger partial charge in [-0.05, 0) is 30.2 Å². The molecule has 0 aliphatic rings. The summed E-state index contributed by atoms with van der Waals surface area (Å²) in [5.41, 5.74) is 3.42. The molecule has 1 aromatic carbocycles. The third-order valence-corrected chi connectivity index (χ3v) is 4.43. The highest BCUT2D eigenvalue weighted by Crippen LogP contribution is 2.19. The van der Waals surface area contributed by atoms with Gasteiger partial charge in [0.05, 0.1) is 17.7 Å². The number of amides is 1. The lowest BCUT2D eigenvalue weighted by Gasteiger charge is -2.09. The monoisotopic (exact) mass is 389 g/mol. The molecule has 0 bridgehead atoms. The van der Waals surface area contributed by atoms with Crippen LogP contribution in [0.5, 0.6) is 0 Å². The van der Waals surface area contributed by atoms with E-state index in [1.807, 2.05) is 38.1 Å². The average molecular weight is 389 g/mol. The van der Waals surface area contributed by atoms with Crippen LogP contribution in [0.2, 0.25) is 0 Å². The Hall–Kier alpha value is -3.88. The quantitative estimate of drug-likeness (QED) is 0.560. The van der Waals surface area contributed by atoms with Crippen LogP contribution in [-0.2, 0) is 11.3 Å². The minimum atomic E-state index is -0.303. The number of nitrogens with one attached hydrogen (secondary N) is 1. The van der Waals surface area contributed by atoms with E-state index in [2.05, 4.69) is 25.6 Å². The van der Waals surface area contributed by atoms with Gasteiger partial charge in [-0.25, -0.2) is 4.98 Å². The lowest BCUT2D eigenvalue weighted by molar-refractivity contribution is -0.116. The molecule has 0 aliphatic carbocycles. The third-order valence-electron chi connectivity index (χ3n) is 4.43. The van der Waals surface area contributed by atoms with Crippen LogP contribution in [0.4, 0.5) is 5.69 Å². The summed E-state index contributed by atoms with van der Waals surface area (Å²) in [6, 6.07) is 12.5. The molecule has 4 aromatic rings. The van der Waals surface area contributed by atoms with Crippen LogP contribution in [0, 0.1) is 0 Å². The molecule has 0 aliphatic heterocycles. The summed E-state index contributed by atoms with van der Waals surface area (Å²) in [7, 11) is 0. The molecule has 9 nitrogen and oxygen atoms in total. The summed E-state index contributed by atoms with van der Waals surface area (Å²) >= 11 is 0. The van der Waals surface area contributed by atoms with E-state index in [-0.39, 0.29) is 23.9 Å². The maximum absolute atomic E-state index is 12.3. The zero-order valence-corrected chi connectivity index (χ0v) is 16.0. The maximum atomic E-state index is 12.3. The number of benzene rings is 1. The number of nitrogens with zero attached hydrogens (tertiary/aromatic N) is 6. The number of fused-ring (bicyclic) bond motifs is 1. The van der Waals surface area contributed by atoms with Crippen LogP contribution >= 0.6 is 0 Å². The Morgan fingerprint density at radius 2 is 1.90 bits per heavy atom. The number of carbonyl (C=O) groups is 1. The van der Waals surface area contributed by atoms with E-state index in [0.29, 0.717) is 17.0 Å². The van der Waals surface area contributed by atoms with Crippen molar-refractivity contribution in [3.8, 4) is 11.3 Å². The smallest absolute Gasteiger partial charge is 0.254 e. The van der Waals surface area contributed by atoms with Crippen molar-refractivity contribution in [1.82, 2.24) is 29.4 Å². The predicted octanol–water partition coefficient (Wildman–Crippen LogP) is 2.11. The zero-order chi connectivity index (χ0) is 20.4. The van der Waals surface area contributed by atoms with Crippen LogP contribution in [0.15, 0.2) is 59.9 Å². The number of aromatic nitrogens is 6. The molecule has 0 unspecified atom stereocenters. The van der Waals surface area contributed by atoms with Crippen molar-refractivity contribution in [2.75, 3.05) is 5.32 Å². The van der Waals surface area contributed by atoms with Crippen molar-refractivity contribution in [3.63, 3.8) is 0 Å². The van der Waals surface area contributed by atoms with E-state index in [1.165, 1.54) is 23.3 Å². The molecular formula is C20H19N7O2. The number of carbonyl (C=O) groups excluding carboxylic acids is 1. The summed E-state index contributed by atoms with van der Waals surface area (Å²) in [6.45, 7) is 3.82. The first kappa shape index (κ1) is 18.5. The molecular weight excluding hydrogens is 370 g/mol. The molecule has 9 heteroatoms. The zero-order valence-electron chi connectivity index (χ0n) is 16.0. The molecule has 4 rings (SSSR count). The molecule has 3 aromatic heterocycles. The van der Waals surface area contributed by atoms with Crippen LogP contribution in [0.25, 0.3) is 16.9 Å². The maximum Gasteiger partial charge on any atom is 0.254 e. The Bertz CT molecular complexity index is 1230. The van der Waals surface area contributed by atoms with E-state index >= 15 is 0 Å². The van der Waals surface area contributed by atoms with Crippen molar-refractivity contribution in [3.05, 3.63) is 71.2 Å². The van der Waals surface area contributed by atoms with Gasteiger partial charge in [0.25, 0.3) is 5.56 Å². The van der Waals surface area contributed by atoms with Gasteiger partial charge in [0.2, 0.25) is 5.91 Å². The molecule has 0 saturated heterocycles. The summed E-state index contributed by atoms with van der Waals surface area (Å²) in [5.74, 6) is -0.145. The third kappa shape index (κ3) is 4.03. The Balaban J connectivity index is 1.44. The van der Waals surface area contributed by atoms with Crippen LogP contribution in [0.1, 0.15) is 25.5 Å². The van der Waals surface area contributed by atoms with Crippen molar-refractivity contribution < 1.29 is 4.79 Å². The van der Waals surface area contributed by atoms with Crippen molar-refractivity contribution in [2.45, 2.75) is 26.3 Å². The Morgan fingerprint density at radius 1 is 1.10 bits per heavy atom. The lowest BCUT2D eigenvalue weighted by atomic mass is 10.1. The van der Waals surface area contributed by atoms with Crippen molar-refractivity contribution in [2.24, 2.45) is 0 Å². The van der Waals surface area contributed by atoms with E-state index in [9.17, 15) is 9.59 Å². The molecule has 146 valence electrons. The highest BCUT2D eigenvalue weighted by atomic mass is 16.2. The molecule has 0 saturated carbocycles. The molecule has 0 atom stereocenters. The fraction of sp³-hybridized carbons (Fsp3) is 0.200. The van der Waals surface area contributed by atoms with Crippen molar-refractivity contribution >= 4 is 17.2 Å². The van der Waals surface area contributed by atoms with Gasteiger partial charge in [-0.1, -0.05) is 26.0 Å². The largest absolute Gasteiger partial charge is 0.325 e. The van der Waals surface area contributed by atoms with Gasteiger partial charge in [0.1, 0.15) is 12.9 Å². The molecule has 29 heavy (non-hydrogen) atoms. The van der Waals surface area contributed by atoms with Gasteiger partial charge >= 0.3 is 0 Å². The van der Waals surface area contributed by atoms with E-state index < -0.39 is 0 Å². The Morgan fingerprint density at radius 3 is 2.62 bits per heavy atom. The first-order valence-corrected chi connectivity index (χ1v) is 9.13. The van der Waals surface area contributed by atoms with Gasteiger partial charge in [-0.3, -0.25) is 14.2 Å². The van der Waals surface area contributed by atoms with Gasteiger partial charge < -0.3 is 5.32 Å². The first-order chi connectivity index (χ1) is 14.0. The number of rotatable bonds is 5. The summed E-state index contributed by atoms with van der Waals surface area (Å²) in [5, 5.41) is 15.0. The second kappa shape index (κ2) is 7.63. The molecule has 1 amide bonds. The highest BCUT2D eigenvalue weighted by Gasteiger charge is 2.09. The summed E-state index contributed by atoms with van der Waals surface area (Å²) in [4.78, 5) is 28.7. The number of hydrogen-bond acceptors (Lipinski definition) is 6. The summed E-state index contributed by atoms with van der Waals surface area (Å²) < 4.78 is 2.88. The predicted molar refractivity (Wildman–Crippen MR) is 107 cm³/mol. The topological polar surface area (TPSA) is 107 Å². The normalized spacial score (nSPS) is 11.1. The minimum Gasteiger partial charge on any atom is -0.325 e. The fourth-order valence-corrected chi connectivity index (χ4v) is 2.84. The number of anilines is 1. The second-order valence-electron chi connectivity index (χ2n) is 6.91. The molecule has 3 heterocycles. The second-order valence-corrected chi connectivity index (χ2v) is 6.91. The van der Waals surface area contributed by atoms with E-state index in [0.717, 1.165) is 11.3 Å². The van der Waals surface area contributed by atoms with Gasteiger partial charge in [-0.15, -0.1) is 10.2 Å². The van der Waals surface area contributed by atoms with Crippen LogP contribution < -0.4 is 10.9 Å². The summed E-state index contributed by atoms with van der Waals surface area (Å²) in [6.07, 6.45) is 2.95. The Kier molecular flexibility index (Phi) is 4.86. The van der Waals surface area contributed by atoms with Crippen LogP contribution in [0.3, 0.4) is 0 Å². The average Bonchev–Trinajstić information content (AvgIpc) is 3.18. The van der Waals surface area contributed by atoms with E-state index in [1.54, 1.807) is 16.6 Å². The lowest BCUT2D eigenvalue weighted by Crippen LogP contribution is -2.28. The fourth-order valence-electron chi connectivity index (χ4n) is 2.84. The van der Waals surface area contributed by atoms with Crippen LogP contribution in [-0.4, -0.2) is 35.3 Å². The minimum absolute atomic E-state index is 0.0994. The molecule has 0 fully saturated rings. The Labute approximate surface area is 166 Å². The highest BCUT2D eigenvalue weighted by molar-refractivity contribution is 5.90. The molecule has 0 spiro atoms.